The van der Waals surface area contributed by atoms with Crippen LogP contribution in [0.25, 0.3) is 0 Å². The van der Waals surface area contributed by atoms with E-state index in [-0.39, 0.29) is 22.9 Å². The van der Waals surface area contributed by atoms with Gasteiger partial charge in [-0.3, -0.25) is 0 Å². The van der Waals surface area contributed by atoms with Gasteiger partial charge in [-0.15, -0.1) is 0 Å². The Labute approximate surface area is 164 Å². The molecule has 0 radical (unpaired) electrons. The SMILES string of the molecule is CC1(C)OB(c2ccccc2OC2CCOC3(CCCCC3)C2)OC1(C)C. The Morgan fingerprint density at radius 2 is 1.63 bits per heavy atom. The van der Waals surface area contributed by atoms with Gasteiger partial charge < -0.3 is 18.8 Å². The molecule has 2 aliphatic heterocycles. The van der Waals surface area contributed by atoms with Gasteiger partial charge in [0.25, 0.3) is 0 Å². The number of rotatable bonds is 3. The van der Waals surface area contributed by atoms with Crippen LogP contribution in [0, 0.1) is 0 Å². The molecule has 3 fully saturated rings. The van der Waals surface area contributed by atoms with E-state index in [2.05, 4.69) is 33.8 Å². The lowest BCUT2D eigenvalue weighted by Crippen LogP contribution is -2.46. The Hall–Kier alpha value is -1.04. The van der Waals surface area contributed by atoms with Crippen LogP contribution < -0.4 is 10.2 Å². The van der Waals surface area contributed by atoms with E-state index in [1.54, 1.807) is 0 Å². The second-order valence-electron chi connectivity index (χ2n) is 9.45. The molecular formula is C22H33BO4. The van der Waals surface area contributed by atoms with E-state index in [1.165, 1.54) is 32.1 Å². The van der Waals surface area contributed by atoms with Crippen LogP contribution in [0.15, 0.2) is 24.3 Å². The van der Waals surface area contributed by atoms with Crippen LogP contribution in [0.5, 0.6) is 5.75 Å². The largest absolute Gasteiger partial charge is 0.498 e. The van der Waals surface area contributed by atoms with Crippen molar-refractivity contribution >= 4 is 12.6 Å². The molecule has 0 aromatic heterocycles. The van der Waals surface area contributed by atoms with Crippen molar-refractivity contribution in [2.24, 2.45) is 0 Å². The Kier molecular flexibility index (Phi) is 5.07. The molecule has 2 heterocycles. The van der Waals surface area contributed by atoms with E-state index in [0.29, 0.717) is 0 Å². The summed E-state index contributed by atoms with van der Waals surface area (Å²) in [6.45, 7) is 9.14. The van der Waals surface area contributed by atoms with Gasteiger partial charge in [-0.2, -0.15) is 0 Å². The Bertz CT molecular complexity index is 645. The molecule has 148 valence electrons. The highest BCUT2D eigenvalue weighted by atomic mass is 16.7. The van der Waals surface area contributed by atoms with Gasteiger partial charge in [0.2, 0.25) is 0 Å². The van der Waals surface area contributed by atoms with Gasteiger partial charge in [-0.05, 0) is 46.6 Å². The van der Waals surface area contributed by atoms with E-state index in [0.717, 1.165) is 30.7 Å². The molecule has 3 aliphatic rings. The van der Waals surface area contributed by atoms with Crippen molar-refractivity contribution in [3.05, 3.63) is 24.3 Å². The molecule has 1 unspecified atom stereocenters. The average molecular weight is 372 g/mol. The molecule has 4 nitrogen and oxygen atoms in total. The summed E-state index contributed by atoms with van der Waals surface area (Å²) in [6.07, 6.45) is 8.36. The first-order valence-electron chi connectivity index (χ1n) is 10.6. The number of para-hydroxylation sites is 1. The lowest BCUT2D eigenvalue weighted by molar-refractivity contribution is -0.129. The quantitative estimate of drug-likeness (QED) is 0.744. The first-order valence-corrected chi connectivity index (χ1v) is 10.6. The molecule has 1 aromatic carbocycles. The van der Waals surface area contributed by atoms with E-state index < -0.39 is 7.12 Å². The summed E-state index contributed by atoms with van der Waals surface area (Å²) >= 11 is 0. The number of hydrogen-bond donors (Lipinski definition) is 0. The number of ether oxygens (including phenoxy) is 2. The van der Waals surface area contributed by atoms with Crippen molar-refractivity contribution in [1.82, 2.24) is 0 Å². The predicted molar refractivity (Wildman–Crippen MR) is 108 cm³/mol. The van der Waals surface area contributed by atoms with Gasteiger partial charge in [-0.1, -0.05) is 37.5 Å². The highest BCUT2D eigenvalue weighted by molar-refractivity contribution is 6.63. The zero-order chi connectivity index (χ0) is 19.1. The van der Waals surface area contributed by atoms with Crippen molar-refractivity contribution in [2.45, 2.75) is 95.5 Å². The molecule has 4 rings (SSSR count). The highest BCUT2D eigenvalue weighted by Gasteiger charge is 2.52. The Morgan fingerprint density at radius 1 is 0.963 bits per heavy atom. The molecule has 1 atom stereocenters. The molecule has 0 bridgehead atoms. The van der Waals surface area contributed by atoms with E-state index in [9.17, 15) is 0 Å². The zero-order valence-electron chi connectivity index (χ0n) is 17.3. The van der Waals surface area contributed by atoms with Crippen LogP contribution in [-0.4, -0.2) is 36.6 Å². The van der Waals surface area contributed by atoms with Crippen LogP contribution >= 0.6 is 0 Å². The topological polar surface area (TPSA) is 36.9 Å². The third kappa shape index (κ3) is 3.79. The maximum absolute atomic E-state index is 6.52. The third-order valence-corrected chi connectivity index (χ3v) is 6.93. The summed E-state index contributed by atoms with van der Waals surface area (Å²) in [5.41, 5.74) is 0.325. The van der Waals surface area contributed by atoms with Gasteiger partial charge in [0.05, 0.1) is 23.4 Å². The second kappa shape index (κ2) is 7.09. The molecular weight excluding hydrogens is 339 g/mol. The molecule has 2 saturated heterocycles. The van der Waals surface area contributed by atoms with Crippen molar-refractivity contribution < 1.29 is 18.8 Å². The normalized spacial score (nSPS) is 29.0. The lowest BCUT2D eigenvalue weighted by Gasteiger charge is -2.43. The minimum atomic E-state index is -0.394. The first-order chi connectivity index (χ1) is 12.8. The maximum atomic E-state index is 6.52. The molecule has 27 heavy (non-hydrogen) atoms. The standard InChI is InChI=1S/C22H33BO4/c1-20(2)21(3,4)27-23(26-20)18-10-6-7-11-19(18)25-17-12-15-24-22(16-17)13-8-5-9-14-22/h6-7,10-11,17H,5,8-9,12-16H2,1-4H3. The average Bonchev–Trinajstić information content (AvgIpc) is 2.84. The fraction of sp³-hybridized carbons (Fsp3) is 0.727. The Balaban J connectivity index is 1.50. The maximum Gasteiger partial charge on any atom is 0.498 e. The number of hydrogen-bond acceptors (Lipinski definition) is 4. The van der Waals surface area contributed by atoms with E-state index >= 15 is 0 Å². The lowest BCUT2D eigenvalue weighted by atomic mass is 9.77. The molecule has 1 spiro atoms. The van der Waals surface area contributed by atoms with Crippen LogP contribution in [0.4, 0.5) is 0 Å². The van der Waals surface area contributed by atoms with Crippen LogP contribution in [0.1, 0.15) is 72.6 Å². The summed E-state index contributed by atoms with van der Waals surface area (Å²) in [5, 5.41) is 0. The molecule has 5 heteroatoms. The molecule has 1 aromatic rings. The van der Waals surface area contributed by atoms with Crippen molar-refractivity contribution in [3.63, 3.8) is 0 Å². The fourth-order valence-corrected chi connectivity index (χ4v) is 4.56. The highest BCUT2D eigenvalue weighted by Crippen LogP contribution is 2.40. The van der Waals surface area contributed by atoms with Crippen molar-refractivity contribution in [3.8, 4) is 5.75 Å². The van der Waals surface area contributed by atoms with Crippen molar-refractivity contribution in [1.29, 1.82) is 0 Å². The molecule has 0 amide bonds. The first kappa shape index (κ1) is 19.3. The van der Waals surface area contributed by atoms with Gasteiger partial charge in [0.1, 0.15) is 11.9 Å². The van der Waals surface area contributed by atoms with Gasteiger partial charge >= 0.3 is 7.12 Å². The zero-order valence-corrected chi connectivity index (χ0v) is 17.3. The predicted octanol–water partition coefficient (Wildman–Crippen LogP) is 4.25. The summed E-state index contributed by atoms with van der Waals surface area (Å²) in [6, 6.07) is 8.16. The minimum absolute atomic E-state index is 0.0421. The molecule has 1 aliphatic carbocycles. The van der Waals surface area contributed by atoms with Crippen LogP contribution in [-0.2, 0) is 14.0 Å². The summed E-state index contributed by atoms with van der Waals surface area (Å²) < 4.78 is 25.3. The minimum Gasteiger partial charge on any atom is -0.491 e. The molecule has 0 N–H and O–H groups in total. The summed E-state index contributed by atoms with van der Waals surface area (Å²) in [4.78, 5) is 0. The summed E-state index contributed by atoms with van der Waals surface area (Å²) in [7, 11) is -0.394. The van der Waals surface area contributed by atoms with E-state index in [1.807, 2.05) is 18.2 Å². The van der Waals surface area contributed by atoms with E-state index in [4.69, 9.17) is 18.8 Å². The summed E-state index contributed by atoms with van der Waals surface area (Å²) in [5.74, 6) is 0.883. The van der Waals surface area contributed by atoms with Gasteiger partial charge in [0.15, 0.2) is 0 Å². The van der Waals surface area contributed by atoms with Crippen molar-refractivity contribution in [2.75, 3.05) is 6.61 Å². The van der Waals surface area contributed by atoms with Crippen LogP contribution in [0.2, 0.25) is 0 Å². The van der Waals surface area contributed by atoms with Crippen LogP contribution in [0.3, 0.4) is 0 Å². The Morgan fingerprint density at radius 3 is 2.33 bits per heavy atom. The number of benzene rings is 1. The monoisotopic (exact) mass is 372 g/mol. The van der Waals surface area contributed by atoms with Gasteiger partial charge in [0, 0.05) is 18.3 Å². The fourth-order valence-electron chi connectivity index (χ4n) is 4.56. The second-order valence-corrected chi connectivity index (χ2v) is 9.45. The molecule has 1 saturated carbocycles. The van der Waals surface area contributed by atoms with Gasteiger partial charge in [-0.25, -0.2) is 0 Å². The third-order valence-electron chi connectivity index (χ3n) is 6.93. The smallest absolute Gasteiger partial charge is 0.491 e.